The lowest BCUT2D eigenvalue weighted by atomic mass is 10.2. The summed E-state index contributed by atoms with van der Waals surface area (Å²) in [6.07, 6.45) is 0. The maximum Gasteiger partial charge on any atom is 0.236 e. The number of amides is 1. The number of hydrogen-bond donors (Lipinski definition) is 0. The average molecular weight is 443 g/mol. The van der Waals surface area contributed by atoms with Crippen molar-refractivity contribution in [3.8, 4) is 17.1 Å². The summed E-state index contributed by atoms with van der Waals surface area (Å²) in [5, 5.41) is 9.95. The quantitative estimate of drug-likeness (QED) is 0.553. The highest BCUT2D eigenvalue weighted by Gasteiger charge is 2.26. The molecular weight excluding hydrogens is 420 g/mol. The fourth-order valence-electron chi connectivity index (χ4n) is 3.38. The Kier molecular flexibility index (Phi) is 6.41. The minimum absolute atomic E-state index is 0.0927. The van der Waals surface area contributed by atoms with Crippen molar-refractivity contribution >= 4 is 29.3 Å². The first-order chi connectivity index (χ1) is 14.5. The zero-order valence-electron chi connectivity index (χ0n) is 16.9. The Balaban J connectivity index is 1.69. The second kappa shape index (κ2) is 9.20. The highest BCUT2D eigenvalue weighted by molar-refractivity contribution is 8.00. The van der Waals surface area contributed by atoms with E-state index in [0.29, 0.717) is 42.3 Å². The van der Waals surface area contributed by atoms with Gasteiger partial charge in [-0.25, -0.2) is 0 Å². The molecule has 30 heavy (non-hydrogen) atoms. The van der Waals surface area contributed by atoms with Crippen molar-refractivity contribution in [2.24, 2.45) is 0 Å². The summed E-state index contributed by atoms with van der Waals surface area (Å²) in [6.45, 7) is 6.40. The molecule has 1 atom stereocenters. The van der Waals surface area contributed by atoms with Crippen LogP contribution in [0.15, 0.2) is 53.7 Å². The van der Waals surface area contributed by atoms with Crippen LogP contribution in [-0.2, 0) is 9.53 Å². The molecular formula is C22H23ClN4O2S. The fraction of sp³-hybridized carbons (Fsp3) is 0.318. The van der Waals surface area contributed by atoms with Crippen molar-refractivity contribution < 1.29 is 9.53 Å². The first kappa shape index (κ1) is 20.9. The molecule has 1 aliphatic heterocycles. The summed E-state index contributed by atoms with van der Waals surface area (Å²) in [6, 6.07) is 15.7. The van der Waals surface area contributed by atoms with Crippen LogP contribution in [0.4, 0.5) is 0 Å². The molecule has 1 unspecified atom stereocenters. The van der Waals surface area contributed by atoms with E-state index >= 15 is 0 Å². The number of aryl methyl sites for hydroxylation is 1. The van der Waals surface area contributed by atoms with E-state index in [-0.39, 0.29) is 11.2 Å². The van der Waals surface area contributed by atoms with Crippen LogP contribution in [0.5, 0.6) is 0 Å². The second-order valence-electron chi connectivity index (χ2n) is 7.19. The summed E-state index contributed by atoms with van der Waals surface area (Å²) in [4.78, 5) is 14.8. The predicted octanol–water partition coefficient (Wildman–Crippen LogP) is 4.24. The van der Waals surface area contributed by atoms with E-state index in [1.54, 1.807) is 0 Å². The predicted molar refractivity (Wildman–Crippen MR) is 119 cm³/mol. The van der Waals surface area contributed by atoms with Gasteiger partial charge in [-0.05, 0) is 55.8 Å². The van der Waals surface area contributed by atoms with Gasteiger partial charge in [0.2, 0.25) is 5.91 Å². The summed E-state index contributed by atoms with van der Waals surface area (Å²) in [5.41, 5.74) is 3.00. The Hall–Kier alpha value is -2.35. The number of carbonyl (C=O) groups excluding carboxylic acids is 1. The zero-order chi connectivity index (χ0) is 21.1. The Morgan fingerprint density at radius 3 is 2.57 bits per heavy atom. The lowest BCUT2D eigenvalue weighted by Crippen LogP contribution is -2.44. The normalized spacial score (nSPS) is 15.2. The third-order valence-electron chi connectivity index (χ3n) is 4.95. The minimum Gasteiger partial charge on any atom is -0.378 e. The molecule has 0 N–H and O–H groups in total. The van der Waals surface area contributed by atoms with E-state index in [0.717, 1.165) is 16.8 Å². The number of thioether (sulfide) groups is 1. The monoisotopic (exact) mass is 442 g/mol. The number of halogens is 1. The van der Waals surface area contributed by atoms with Gasteiger partial charge in [-0.15, -0.1) is 10.2 Å². The molecule has 2 heterocycles. The molecule has 156 valence electrons. The van der Waals surface area contributed by atoms with Gasteiger partial charge in [0.05, 0.1) is 18.5 Å². The standard InChI is InChI=1S/C22H23ClN4O2S/c1-15-4-3-5-19(14-15)27-20(17-6-8-18(23)9-7-17)24-25-22(27)30-16(2)21(28)26-10-12-29-13-11-26/h3-9,14,16H,10-13H2,1-2H3. The van der Waals surface area contributed by atoms with Crippen molar-refractivity contribution in [1.82, 2.24) is 19.7 Å². The van der Waals surface area contributed by atoms with Gasteiger partial charge < -0.3 is 9.64 Å². The number of nitrogens with zero attached hydrogens (tertiary/aromatic N) is 4. The molecule has 4 rings (SSSR count). The molecule has 0 radical (unpaired) electrons. The van der Waals surface area contributed by atoms with Crippen LogP contribution in [-0.4, -0.2) is 57.1 Å². The summed E-state index contributed by atoms with van der Waals surface area (Å²) in [5.74, 6) is 0.806. The van der Waals surface area contributed by atoms with Gasteiger partial charge in [0.1, 0.15) is 0 Å². The van der Waals surface area contributed by atoms with Crippen LogP contribution < -0.4 is 0 Å². The van der Waals surface area contributed by atoms with Crippen molar-refractivity contribution in [1.29, 1.82) is 0 Å². The topological polar surface area (TPSA) is 60.2 Å². The summed E-state index contributed by atoms with van der Waals surface area (Å²) < 4.78 is 7.36. The molecule has 1 aromatic heterocycles. The van der Waals surface area contributed by atoms with E-state index in [1.807, 2.05) is 65.8 Å². The van der Waals surface area contributed by atoms with Crippen molar-refractivity contribution in [3.63, 3.8) is 0 Å². The lowest BCUT2D eigenvalue weighted by molar-refractivity contribution is -0.134. The zero-order valence-corrected chi connectivity index (χ0v) is 18.5. The largest absolute Gasteiger partial charge is 0.378 e. The average Bonchev–Trinajstić information content (AvgIpc) is 3.17. The second-order valence-corrected chi connectivity index (χ2v) is 8.93. The van der Waals surface area contributed by atoms with Crippen molar-refractivity contribution in [2.45, 2.75) is 24.3 Å². The van der Waals surface area contributed by atoms with Crippen LogP contribution in [0.25, 0.3) is 17.1 Å². The Bertz CT molecular complexity index is 1030. The van der Waals surface area contributed by atoms with Crippen LogP contribution in [0.2, 0.25) is 5.02 Å². The Morgan fingerprint density at radius 2 is 1.87 bits per heavy atom. The van der Waals surface area contributed by atoms with Gasteiger partial charge in [0, 0.05) is 29.4 Å². The molecule has 1 aliphatic rings. The van der Waals surface area contributed by atoms with E-state index in [1.165, 1.54) is 11.8 Å². The number of rotatable bonds is 5. The van der Waals surface area contributed by atoms with E-state index in [4.69, 9.17) is 16.3 Å². The third kappa shape index (κ3) is 4.53. The highest BCUT2D eigenvalue weighted by atomic mass is 35.5. The lowest BCUT2D eigenvalue weighted by Gasteiger charge is -2.28. The molecule has 6 nitrogen and oxygen atoms in total. The molecule has 3 aromatic rings. The van der Waals surface area contributed by atoms with Crippen LogP contribution >= 0.6 is 23.4 Å². The molecule has 0 aliphatic carbocycles. The van der Waals surface area contributed by atoms with Crippen LogP contribution in [0, 0.1) is 6.92 Å². The van der Waals surface area contributed by atoms with Gasteiger partial charge in [-0.2, -0.15) is 0 Å². The number of hydrogen-bond acceptors (Lipinski definition) is 5. The van der Waals surface area contributed by atoms with Gasteiger partial charge in [-0.3, -0.25) is 9.36 Å². The Morgan fingerprint density at radius 1 is 1.13 bits per heavy atom. The number of ether oxygens (including phenoxy) is 1. The van der Waals surface area contributed by atoms with Crippen molar-refractivity contribution in [3.05, 3.63) is 59.1 Å². The number of carbonyl (C=O) groups is 1. The first-order valence-corrected chi connectivity index (χ1v) is 11.1. The van der Waals surface area contributed by atoms with E-state index in [9.17, 15) is 4.79 Å². The molecule has 1 saturated heterocycles. The van der Waals surface area contributed by atoms with Crippen LogP contribution in [0.1, 0.15) is 12.5 Å². The number of benzene rings is 2. The van der Waals surface area contributed by atoms with Crippen LogP contribution in [0.3, 0.4) is 0 Å². The molecule has 0 bridgehead atoms. The van der Waals surface area contributed by atoms with Crippen molar-refractivity contribution in [2.75, 3.05) is 26.3 Å². The van der Waals surface area contributed by atoms with Gasteiger partial charge in [-0.1, -0.05) is 35.5 Å². The summed E-state index contributed by atoms with van der Waals surface area (Å²) >= 11 is 7.48. The third-order valence-corrected chi connectivity index (χ3v) is 6.23. The maximum absolute atomic E-state index is 12.9. The summed E-state index contributed by atoms with van der Waals surface area (Å²) in [7, 11) is 0. The smallest absolute Gasteiger partial charge is 0.236 e. The minimum atomic E-state index is -0.283. The molecule has 1 fully saturated rings. The maximum atomic E-state index is 12.9. The molecule has 0 saturated carbocycles. The molecule has 8 heteroatoms. The van der Waals surface area contributed by atoms with Gasteiger partial charge in [0.15, 0.2) is 11.0 Å². The van der Waals surface area contributed by atoms with Gasteiger partial charge in [0.25, 0.3) is 0 Å². The van der Waals surface area contributed by atoms with Gasteiger partial charge >= 0.3 is 0 Å². The number of aromatic nitrogens is 3. The van der Waals surface area contributed by atoms with E-state index < -0.39 is 0 Å². The number of morpholine rings is 1. The fourth-order valence-corrected chi connectivity index (χ4v) is 4.46. The molecule has 2 aromatic carbocycles. The van der Waals surface area contributed by atoms with E-state index in [2.05, 4.69) is 16.3 Å². The Labute approximate surface area is 185 Å². The highest BCUT2D eigenvalue weighted by Crippen LogP contribution is 2.31. The molecule has 1 amide bonds. The molecule has 0 spiro atoms. The first-order valence-electron chi connectivity index (χ1n) is 9.84. The SMILES string of the molecule is Cc1cccc(-n2c(SC(C)C(=O)N3CCOCC3)nnc2-c2ccc(Cl)cc2)c1.